The minimum absolute atomic E-state index is 0.0141. The van der Waals surface area contributed by atoms with Crippen molar-refractivity contribution < 1.29 is 5.11 Å². The fourth-order valence-electron chi connectivity index (χ4n) is 1.20. The van der Waals surface area contributed by atoms with Crippen molar-refractivity contribution in [2.45, 2.75) is 0 Å². The van der Waals surface area contributed by atoms with Crippen LogP contribution in [0.1, 0.15) is 0 Å². The van der Waals surface area contributed by atoms with Crippen molar-refractivity contribution in [3.8, 4) is 5.75 Å². The first-order valence-corrected chi connectivity index (χ1v) is 4.06. The van der Waals surface area contributed by atoms with Gasteiger partial charge in [0.1, 0.15) is 5.75 Å². The molecule has 0 aliphatic heterocycles. The summed E-state index contributed by atoms with van der Waals surface area (Å²) in [6, 6.07) is 4.62. The lowest BCUT2D eigenvalue weighted by molar-refractivity contribution is 0.476. The Bertz CT molecular complexity index is 518. The van der Waals surface area contributed by atoms with Crippen molar-refractivity contribution in [1.29, 1.82) is 0 Å². The van der Waals surface area contributed by atoms with Crippen LogP contribution >= 0.6 is 11.6 Å². The standard InChI is InChI=1S/C9H6ClNO2/c10-7-4-6-5(3-8(7)12)1-2-11-9(6)13/h1-4,12H,(H,11,13). The molecule has 1 heterocycles. The van der Waals surface area contributed by atoms with Gasteiger partial charge in [-0.15, -0.1) is 0 Å². The molecule has 0 amide bonds. The summed E-state index contributed by atoms with van der Waals surface area (Å²) in [4.78, 5) is 13.8. The Morgan fingerprint density at radius 3 is 2.92 bits per heavy atom. The molecule has 0 radical (unpaired) electrons. The van der Waals surface area contributed by atoms with Crippen LogP contribution in [0, 0.1) is 0 Å². The molecule has 0 aliphatic carbocycles. The van der Waals surface area contributed by atoms with E-state index in [1.54, 1.807) is 6.07 Å². The smallest absolute Gasteiger partial charge is 0.255 e. The number of fused-ring (bicyclic) bond motifs is 1. The lowest BCUT2D eigenvalue weighted by Gasteiger charge is -1.99. The summed E-state index contributed by atoms with van der Waals surface area (Å²) in [5.74, 6) is -0.0141. The SMILES string of the molecule is O=c1[nH]ccc2cc(O)c(Cl)cc12. The van der Waals surface area contributed by atoms with Gasteiger partial charge < -0.3 is 10.1 Å². The number of pyridine rings is 1. The van der Waals surface area contributed by atoms with Gasteiger partial charge in [-0.25, -0.2) is 0 Å². The van der Waals surface area contributed by atoms with Gasteiger partial charge in [-0.3, -0.25) is 4.79 Å². The molecule has 1 aromatic carbocycles. The summed E-state index contributed by atoms with van der Waals surface area (Å²) in [6.07, 6.45) is 1.53. The van der Waals surface area contributed by atoms with Crippen molar-refractivity contribution in [3.63, 3.8) is 0 Å². The topological polar surface area (TPSA) is 53.1 Å². The van der Waals surface area contributed by atoms with E-state index in [1.807, 2.05) is 0 Å². The van der Waals surface area contributed by atoms with Gasteiger partial charge in [-0.05, 0) is 23.6 Å². The summed E-state index contributed by atoms with van der Waals surface area (Å²) in [5, 5.41) is 10.6. The molecule has 13 heavy (non-hydrogen) atoms. The molecule has 0 spiro atoms. The summed E-state index contributed by atoms with van der Waals surface area (Å²) in [6.45, 7) is 0. The third-order valence-electron chi connectivity index (χ3n) is 1.84. The number of hydrogen-bond donors (Lipinski definition) is 2. The number of aromatic amines is 1. The van der Waals surface area contributed by atoms with E-state index in [9.17, 15) is 9.90 Å². The van der Waals surface area contributed by atoms with Crippen LogP contribution in [0.4, 0.5) is 0 Å². The van der Waals surface area contributed by atoms with Gasteiger partial charge in [0.25, 0.3) is 5.56 Å². The molecule has 0 bridgehead atoms. The molecule has 2 rings (SSSR count). The van der Waals surface area contributed by atoms with E-state index in [0.717, 1.165) is 0 Å². The van der Waals surface area contributed by atoms with Crippen LogP contribution < -0.4 is 5.56 Å². The fourth-order valence-corrected chi connectivity index (χ4v) is 1.36. The zero-order valence-corrected chi connectivity index (χ0v) is 7.30. The third kappa shape index (κ3) is 1.27. The van der Waals surface area contributed by atoms with Gasteiger partial charge in [0.15, 0.2) is 0 Å². The molecule has 0 atom stereocenters. The number of H-pyrrole nitrogens is 1. The van der Waals surface area contributed by atoms with Gasteiger partial charge in [0, 0.05) is 11.6 Å². The number of nitrogens with one attached hydrogen (secondary N) is 1. The summed E-state index contributed by atoms with van der Waals surface area (Å²) >= 11 is 5.66. The quantitative estimate of drug-likeness (QED) is 0.675. The fraction of sp³-hybridized carbons (Fsp3) is 0. The van der Waals surface area contributed by atoms with Crippen molar-refractivity contribution in [3.05, 3.63) is 39.8 Å². The molecular formula is C9H6ClNO2. The molecule has 1 aromatic heterocycles. The first-order chi connectivity index (χ1) is 6.18. The number of hydrogen-bond acceptors (Lipinski definition) is 2. The summed E-state index contributed by atoms with van der Waals surface area (Å²) in [7, 11) is 0. The Morgan fingerprint density at radius 2 is 2.15 bits per heavy atom. The highest BCUT2D eigenvalue weighted by molar-refractivity contribution is 6.32. The minimum atomic E-state index is -0.209. The van der Waals surface area contributed by atoms with E-state index in [1.165, 1.54) is 18.3 Å². The number of phenolic OH excluding ortho intramolecular Hbond substituents is 1. The maximum absolute atomic E-state index is 11.2. The second-order valence-electron chi connectivity index (χ2n) is 2.70. The third-order valence-corrected chi connectivity index (χ3v) is 2.14. The van der Waals surface area contributed by atoms with Gasteiger partial charge >= 0.3 is 0 Å². The monoisotopic (exact) mass is 195 g/mol. The zero-order chi connectivity index (χ0) is 9.42. The maximum atomic E-state index is 11.2. The van der Waals surface area contributed by atoms with Gasteiger partial charge in [-0.1, -0.05) is 11.6 Å². The molecule has 0 saturated carbocycles. The molecule has 0 aliphatic rings. The number of aromatic nitrogens is 1. The zero-order valence-electron chi connectivity index (χ0n) is 6.54. The molecule has 3 nitrogen and oxygen atoms in total. The number of rotatable bonds is 0. The summed E-state index contributed by atoms with van der Waals surface area (Å²) < 4.78 is 0. The van der Waals surface area contributed by atoms with Crippen molar-refractivity contribution >= 4 is 22.4 Å². The predicted octanol–water partition coefficient (Wildman–Crippen LogP) is 1.89. The Morgan fingerprint density at radius 1 is 1.38 bits per heavy atom. The van der Waals surface area contributed by atoms with Crippen molar-refractivity contribution in [2.24, 2.45) is 0 Å². The number of halogens is 1. The number of aromatic hydroxyl groups is 1. The highest BCUT2D eigenvalue weighted by atomic mass is 35.5. The first kappa shape index (κ1) is 8.13. The molecule has 0 saturated heterocycles. The molecule has 4 heteroatoms. The Kier molecular flexibility index (Phi) is 1.74. The van der Waals surface area contributed by atoms with Crippen LogP contribution in [-0.4, -0.2) is 10.1 Å². The van der Waals surface area contributed by atoms with Crippen molar-refractivity contribution in [2.75, 3.05) is 0 Å². The van der Waals surface area contributed by atoms with E-state index < -0.39 is 0 Å². The first-order valence-electron chi connectivity index (χ1n) is 3.68. The average molecular weight is 196 g/mol. The highest BCUT2D eigenvalue weighted by Crippen LogP contribution is 2.26. The molecule has 0 unspecified atom stereocenters. The molecule has 2 aromatic rings. The van der Waals surface area contributed by atoms with Gasteiger partial charge in [0.2, 0.25) is 0 Å². The average Bonchev–Trinajstić information content (AvgIpc) is 2.09. The van der Waals surface area contributed by atoms with E-state index in [-0.39, 0.29) is 16.3 Å². The van der Waals surface area contributed by atoms with Crippen LogP contribution in [0.3, 0.4) is 0 Å². The minimum Gasteiger partial charge on any atom is -0.506 e. The molecule has 0 fully saturated rings. The second-order valence-corrected chi connectivity index (χ2v) is 3.10. The maximum Gasteiger partial charge on any atom is 0.255 e. The highest BCUT2D eigenvalue weighted by Gasteiger charge is 2.03. The Labute approximate surface area is 78.6 Å². The Hall–Kier alpha value is -1.48. The number of benzene rings is 1. The van der Waals surface area contributed by atoms with Gasteiger partial charge in [-0.2, -0.15) is 0 Å². The van der Waals surface area contributed by atoms with E-state index in [0.29, 0.717) is 10.8 Å². The Balaban J connectivity index is 2.97. The van der Waals surface area contributed by atoms with E-state index in [2.05, 4.69) is 4.98 Å². The van der Waals surface area contributed by atoms with Crippen molar-refractivity contribution in [1.82, 2.24) is 4.98 Å². The number of phenols is 1. The normalized spacial score (nSPS) is 10.5. The molecular weight excluding hydrogens is 190 g/mol. The molecule has 66 valence electrons. The van der Waals surface area contributed by atoms with Crippen LogP contribution in [0.5, 0.6) is 5.75 Å². The lowest BCUT2D eigenvalue weighted by Crippen LogP contribution is -2.03. The largest absolute Gasteiger partial charge is 0.506 e. The van der Waals surface area contributed by atoms with Crippen LogP contribution in [-0.2, 0) is 0 Å². The predicted molar refractivity (Wildman–Crippen MR) is 51.2 cm³/mol. The summed E-state index contributed by atoms with van der Waals surface area (Å²) in [5.41, 5.74) is -0.209. The van der Waals surface area contributed by atoms with E-state index >= 15 is 0 Å². The van der Waals surface area contributed by atoms with Gasteiger partial charge in [0.05, 0.1) is 5.02 Å². The van der Waals surface area contributed by atoms with E-state index in [4.69, 9.17) is 11.6 Å². The second kappa shape index (κ2) is 2.78. The molecule has 2 N–H and O–H groups in total. The lowest BCUT2D eigenvalue weighted by atomic mass is 10.2. The van der Waals surface area contributed by atoms with Crippen LogP contribution in [0.25, 0.3) is 10.8 Å². The van der Waals surface area contributed by atoms with Crippen LogP contribution in [0.15, 0.2) is 29.2 Å². The van der Waals surface area contributed by atoms with Crippen LogP contribution in [0.2, 0.25) is 5.02 Å².